The number of carbonyl (C=O) groups excluding carboxylic acids is 2. The number of hydrogen-bond donors (Lipinski definition) is 3. The molecule has 1 aromatic carbocycles. The van der Waals surface area contributed by atoms with Crippen molar-refractivity contribution in [1.29, 1.82) is 0 Å². The normalized spacial score (nSPS) is 23.2. The predicted molar refractivity (Wildman–Crippen MR) is 126 cm³/mol. The highest BCUT2D eigenvalue weighted by atomic mass is 32.2. The van der Waals surface area contributed by atoms with E-state index in [0.717, 1.165) is 5.56 Å². The smallest absolute Gasteiger partial charge is 0.352 e. The number of thioether (sulfide) groups is 1. The molecule has 0 bridgehead atoms. The third-order valence-corrected chi connectivity index (χ3v) is 7.04. The summed E-state index contributed by atoms with van der Waals surface area (Å²) in [5.41, 5.74) is 7.12. The van der Waals surface area contributed by atoms with Gasteiger partial charge in [0.2, 0.25) is 5.91 Å². The van der Waals surface area contributed by atoms with Crippen LogP contribution in [0, 0.1) is 0 Å². The van der Waals surface area contributed by atoms with Crippen molar-refractivity contribution in [2.24, 2.45) is 5.73 Å². The van der Waals surface area contributed by atoms with Gasteiger partial charge in [0.05, 0.1) is 6.42 Å². The third kappa shape index (κ3) is 5.81. The van der Waals surface area contributed by atoms with Crippen molar-refractivity contribution in [1.82, 2.24) is 10.2 Å². The molecule has 3 aliphatic rings. The largest absolute Gasteiger partial charge is 0.477 e. The van der Waals surface area contributed by atoms with Crippen molar-refractivity contribution < 1.29 is 19.5 Å². The fraction of sp³-hybridized carbons (Fsp3) is 0.458. The van der Waals surface area contributed by atoms with Crippen LogP contribution in [-0.4, -0.2) is 51.0 Å². The monoisotopic (exact) mass is 457 g/mol. The Labute approximate surface area is 193 Å². The summed E-state index contributed by atoms with van der Waals surface area (Å²) in [6, 6.07) is 9.12. The number of carbonyl (C=O) groups is 3. The van der Waals surface area contributed by atoms with Gasteiger partial charge in [0.1, 0.15) is 17.1 Å². The molecule has 8 heteroatoms. The van der Waals surface area contributed by atoms with E-state index in [4.69, 9.17) is 5.73 Å². The molecule has 1 aliphatic carbocycles. The standard InChI is InChI=1S/C18H18N2O4S.C6H13N/c1-2-6-12-10-25-17-14(16(22)20(17)15(12)18(23)24)19-13(21)9-11-7-4-3-5-8-11;7-6-4-2-1-3-5-6/h2-8,14,17H,9-10H2,1H3,(H,19,21)(H,23,24);6H,1-5,7H2/b6-2-;/t14?,17-;/m1./s1. The van der Waals surface area contributed by atoms with E-state index in [0.29, 0.717) is 17.4 Å². The first-order valence-corrected chi connectivity index (χ1v) is 12.1. The zero-order valence-corrected chi connectivity index (χ0v) is 19.1. The Kier molecular flexibility index (Phi) is 8.53. The van der Waals surface area contributed by atoms with Crippen LogP contribution < -0.4 is 11.1 Å². The second-order valence-corrected chi connectivity index (χ2v) is 9.30. The molecule has 0 aromatic heterocycles. The van der Waals surface area contributed by atoms with E-state index in [-0.39, 0.29) is 29.3 Å². The quantitative estimate of drug-likeness (QED) is 0.586. The van der Waals surface area contributed by atoms with E-state index < -0.39 is 12.0 Å². The molecule has 0 spiro atoms. The molecule has 2 fully saturated rings. The molecule has 1 saturated heterocycles. The van der Waals surface area contributed by atoms with Crippen LogP contribution in [0.25, 0.3) is 0 Å². The fourth-order valence-corrected chi connectivity index (χ4v) is 5.43. The number of rotatable bonds is 5. The summed E-state index contributed by atoms with van der Waals surface area (Å²) >= 11 is 1.46. The molecule has 172 valence electrons. The van der Waals surface area contributed by atoms with Crippen LogP contribution in [0.5, 0.6) is 0 Å². The van der Waals surface area contributed by atoms with Gasteiger partial charge in [0.25, 0.3) is 5.91 Å². The summed E-state index contributed by atoms with van der Waals surface area (Å²) in [7, 11) is 0. The van der Waals surface area contributed by atoms with Crippen LogP contribution in [0.1, 0.15) is 44.6 Å². The van der Waals surface area contributed by atoms with E-state index in [2.05, 4.69) is 5.32 Å². The van der Waals surface area contributed by atoms with Crippen molar-refractivity contribution in [3.05, 3.63) is 59.3 Å². The number of fused-ring (bicyclic) bond motifs is 1. The van der Waals surface area contributed by atoms with Crippen molar-refractivity contribution in [2.45, 2.75) is 62.9 Å². The van der Waals surface area contributed by atoms with Gasteiger partial charge in [-0.05, 0) is 30.9 Å². The Morgan fingerprint density at radius 2 is 1.91 bits per heavy atom. The maximum atomic E-state index is 12.4. The summed E-state index contributed by atoms with van der Waals surface area (Å²) in [6.45, 7) is 1.80. The van der Waals surface area contributed by atoms with Gasteiger partial charge in [-0.2, -0.15) is 0 Å². The van der Waals surface area contributed by atoms with E-state index in [1.807, 2.05) is 30.3 Å². The molecular formula is C24H31N3O4S. The molecule has 2 heterocycles. The predicted octanol–water partition coefficient (Wildman–Crippen LogP) is 2.82. The lowest BCUT2D eigenvalue weighted by Gasteiger charge is -2.49. The molecule has 1 unspecified atom stereocenters. The van der Waals surface area contributed by atoms with Crippen LogP contribution in [0.15, 0.2) is 53.8 Å². The Hall–Kier alpha value is -2.58. The van der Waals surface area contributed by atoms with Crippen molar-refractivity contribution in [3.8, 4) is 0 Å². The summed E-state index contributed by atoms with van der Waals surface area (Å²) < 4.78 is 0. The first-order chi connectivity index (χ1) is 15.4. The second kappa shape index (κ2) is 11.3. The zero-order chi connectivity index (χ0) is 23.1. The Morgan fingerprint density at radius 1 is 1.22 bits per heavy atom. The lowest BCUT2D eigenvalue weighted by atomic mass is 9.97. The van der Waals surface area contributed by atoms with Gasteiger partial charge >= 0.3 is 5.97 Å². The van der Waals surface area contributed by atoms with Crippen LogP contribution in [0.3, 0.4) is 0 Å². The fourth-order valence-electron chi connectivity index (χ4n) is 4.11. The number of β-lactam (4-membered cyclic amide) rings is 1. The minimum atomic E-state index is -1.12. The number of aliphatic carboxylic acids is 1. The first-order valence-electron chi connectivity index (χ1n) is 11.0. The number of carboxylic acid groups (broad SMARTS) is 1. The number of allylic oxidation sites excluding steroid dienone is 2. The summed E-state index contributed by atoms with van der Waals surface area (Å²) in [5, 5.41) is 11.8. The van der Waals surface area contributed by atoms with Gasteiger partial charge in [-0.1, -0.05) is 61.7 Å². The minimum absolute atomic E-state index is 0.0143. The van der Waals surface area contributed by atoms with Crippen molar-refractivity contribution >= 4 is 29.5 Å². The topological polar surface area (TPSA) is 113 Å². The lowest BCUT2D eigenvalue weighted by molar-refractivity contribution is -0.150. The summed E-state index contributed by atoms with van der Waals surface area (Å²) in [5.74, 6) is -1.26. The average Bonchev–Trinajstić information content (AvgIpc) is 2.79. The van der Waals surface area contributed by atoms with Gasteiger partial charge in [0.15, 0.2) is 0 Å². The van der Waals surface area contributed by atoms with E-state index >= 15 is 0 Å². The molecule has 4 N–H and O–H groups in total. The molecule has 2 aliphatic heterocycles. The molecule has 7 nitrogen and oxygen atoms in total. The van der Waals surface area contributed by atoms with Crippen molar-refractivity contribution in [2.75, 3.05) is 5.75 Å². The maximum Gasteiger partial charge on any atom is 0.352 e. The van der Waals surface area contributed by atoms with Gasteiger partial charge in [-0.3, -0.25) is 14.5 Å². The number of benzene rings is 1. The minimum Gasteiger partial charge on any atom is -0.477 e. The molecule has 0 radical (unpaired) electrons. The summed E-state index contributed by atoms with van der Waals surface area (Å²) in [6.07, 6.45) is 10.3. The van der Waals surface area contributed by atoms with Crippen molar-refractivity contribution in [3.63, 3.8) is 0 Å². The molecule has 2 amide bonds. The Balaban J connectivity index is 0.000000352. The molecule has 2 atom stereocenters. The van der Waals surface area contributed by atoms with Crippen LogP contribution in [0.4, 0.5) is 0 Å². The van der Waals surface area contributed by atoms with Crippen LogP contribution in [0.2, 0.25) is 0 Å². The SMILES string of the molecule is C/C=C\C1=C(C(=O)O)N2C(=O)C(NC(=O)Cc3ccccc3)[C@H]2SC1.NC1CCCCC1. The first kappa shape index (κ1) is 24.1. The average molecular weight is 458 g/mol. The number of nitrogens with two attached hydrogens (primary N) is 1. The van der Waals surface area contributed by atoms with Crippen LogP contribution in [-0.2, 0) is 20.8 Å². The van der Waals surface area contributed by atoms with Gasteiger partial charge in [0, 0.05) is 11.8 Å². The van der Waals surface area contributed by atoms with E-state index in [1.54, 1.807) is 19.1 Å². The van der Waals surface area contributed by atoms with E-state index in [1.165, 1.54) is 48.8 Å². The number of hydrogen-bond acceptors (Lipinski definition) is 5. The second-order valence-electron chi connectivity index (χ2n) is 8.19. The van der Waals surface area contributed by atoms with E-state index in [9.17, 15) is 19.5 Å². The van der Waals surface area contributed by atoms with Gasteiger partial charge in [-0.15, -0.1) is 11.8 Å². The van der Waals surface area contributed by atoms with Gasteiger partial charge < -0.3 is 16.2 Å². The number of nitrogens with zero attached hydrogens (tertiary/aromatic N) is 1. The third-order valence-electron chi connectivity index (χ3n) is 5.74. The highest BCUT2D eigenvalue weighted by Crippen LogP contribution is 2.40. The Bertz CT molecular complexity index is 894. The molecule has 32 heavy (non-hydrogen) atoms. The molecular weight excluding hydrogens is 426 g/mol. The zero-order valence-electron chi connectivity index (χ0n) is 18.3. The highest BCUT2D eigenvalue weighted by Gasteiger charge is 2.53. The number of carboxylic acids is 1. The number of nitrogens with one attached hydrogen (secondary N) is 1. The summed E-state index contributed by atoms with van der Waals surface area (Å²) in [4.78, 5) is 37.5. The Morgan fingerprint density at radius 3 is 2.47 bits per heavy atom. The lowest BCUT2D eigenvalue weighted by Crippen LogP contribution is -2.70. The molecule has 4 rings (SSSR count). The molecule has 1 saturated carbocycles. The molecule has 1 aromatic rings. The highest BCUT2D eigenvalue weighted by molar-refractivity contribution is 8.00. The maximum absolute atomic E-state index is 12.4. The number of amides is 2. The van der Waals surface area contributed by atoms with Gasteiger partial charge in [-0.25, -0.2) is 4.79 Å². The van der Waals surface area contributed by atoms with Crippen LogP contribution >= 0.6 is 11.8 Å².